The highest BCUT2D eigenvalue weighted by molar-refractivity contribution is 6.05. The molecule has 3 aromatic rings. The smallest absolute Gasteiger partial charge is 0.328 e. The zero-order valence-electron chi connectivity index (χ0n) is 18.6. The Bertz CT molecular complexity index is 1170. The lowest BCUT2D eigenvalue weighted by Gasteiger charge is -2.36. The van der Waals surface area contributed by atoms with Gasteiger partial charge in [0.2, 0.25) is 0 Å². The van der Waals surface area contributed by atoms with Crippen molar-refractivity contribution in [2.75, 3.05) is 13.2 Å². The highest BCUT2D eigenvalue weighted by Crippen LogP contribution is 2.44. The van der Waals surface area contributed by atoms with Crippen LogP contribution in [0.15, 0.2) is 48.5 Å². The SMILES string of the molecule is CCCCN1C(=O)[C@@H]2Cc3c([nH]c4ccccc34)[C@@H](c3cccc(OCCC)c3)N2C1=O. The summed E-state index contributed by atoms with van der Waals surface area (Å²) in [6, 6.07) is 15.1. The first-order valence-corrected chi connectivity index (χ1v) is 11.6. The van der Waals surface area contributed by atoms with Crippen molar-refractivity contribution in [1.29, 1.82) is 0 Å². The lowest BCUT2D eigenvalue weighted by molar-refractivity contribution is -0.128. The molecule has 6 nitrogen and oxygen atoms in total. The van der Waals surface area contributed by atoms with E-state index >= 15 is 0 Å². The van der Waals surface area contributed by atoms with Crippen molar-refractivity contribution in [3.8, 4) is 5.75 Å². The molecular weight excluding hydrogens is 402 g/mol. The minimum Gasteiger partial charge on any atom is -0.494 e. The summed E-state index contributed by atoms with van der Waals surface area (Å²) in [5, 5.41) is 1.12. The van der Waals surface area contributed by atoms with E-state index in [1.54, 1.807) is 4.90 Å². The molecule has 3 amide bonds. The van der Waals surface area contributed by atoms with Crippen molar-refractivity contribution < 1.29 is 14.3 Å². The average molecular weight is 432 g/mol. The van der Waals surface area contributed by atoms with Gasteiger partial charge in [-0.05, 0) is 42.2 Å². The standard InChI is InChI=1S/C26H29N3O3/c1-3-5-13-28-25(30)22-16-20-19-11-6-7-12-21(19)27-23(20)24(29(22)26(28)31)17-9-8-10-18(15-17)32-14-4-2/h6-12,15,22,24,27H,3-5,13-14,16H2,1-2H3/t22-,24+/m0/s1. The second kappa shape index (κ2) is 8.34. The molecule has 0 unspecified atom stereocenters. The Kier molecular flexibility index (Phi) is 5.37. The Morgan fingerprint density at radius 2 is 1.91 bits per heavy atom. The molecular formula is C26H29N3O3. The van der Waals surface area contributed by atoms with Crippen LogP contribution in [0.25, 0.3) is 10.9 Å². The number of H-pyrrole nitrogens is 1. The molecule has 1 N–H and O–H groups in total. The van der Waals surface area contributed by atoms with Gasteiger partial charge in [0.25, 0.3) is 5.91 Å². The largest absolute Gasteiger partial charge is 0.494 e. The molecule has 5 rings (SSSR count). The van der Waals surface area contributed by atoms with Crippen LogP contribution < -0.4 is 4.74 Å². The summed E-state index contributed by atoms with van der Waals surface area (Å²) in [5.74, 6) is 0.702. The van der Waals surface area contributed by atoms with Gasteiger partial charge in [-0.15, -0.1) is 0 Å². The molecule has 2 aromatic carbocycles. The van der Waals surface area contributed by atoms with Crippen LogP contribution in [0.5, 0.6) is 5.75 Å². The fourth-order valence-electron chi connectivity index (χ4n) is 4.99. The molecule has 3 heterocycles. The number of urea groups is 1. The number of carbonyl (C=O) groups excluding carboxylic acids is 2. The van der Waals surface area contributed by atoms with E-state index in [0.29, 0.717) is 19.6 Å². The molecule has 0 saturated carbocycles. The summed E-state index contributed by atoms with van der Waals surface area (Å²) in [5.41, 5.74) is 4.11. The van der Waals surface area contributed by atoms with Crippen LogP contribution >= 0.6 is 0 Å². The maximum absolute atomic E-state index is 13.5. The van der Waals surface area contributed by atoms with E-state index in [9.17, 15) is 9.59 Å². The van der Waals surface area contributed by atoms with E-state index in [1.807, 2.05) is 42.5 Å². The van der Waals surface area contributed by atoms with E-state index in [2.05, 4.69) is 24.9 Å². The fraction of sp³-hybridized carbons (Fsp3) is 0.385. The summed E-state index contributed by atoms with van der Waals surface area (Å²) >= 11 is 0. The Labute approximate surface area is 188 Å². The van der Waals surface area contributed by atoms with E-state index in [1.165, 1.54) is 4.90 Å². The third kappa shape index (κ3) is 3.25. The molecule has 2 aliphatic rings. The van der Waals surface area contributed by atoms with E-state index < -0.39 is 6.04 Å². The van der Waals surface area contributed by atoms with Gasteiger partial charge in [0, 0.05) is 29.6 Å². The Balaban J connectivity index is 1.64. The van der Waals surface area contributed by atoms with E-state index in [4.69, 9.17) is 4.74 Å². The number of para-hydroxylation sites is 1. The number of hydrogen-bond acceptors (Lipinski definition) is 3. The minimum absolute atomic E-state index is 0.0808. The van der Waals surface area contributed by atoms with E-state index in [-0.39, 0.29) is 18.0 Å². The van der Waals surface area contributed by atoms with E-state index in [0.717, 1.165) is 52.7 Å². The van der Waals surface area contributed by atoms with Crippen LogP contribution in [0.4, 0.5) is 4.79 Å². The molecule has 1 saturated heterocycles. The predicted molar refractivity (Wildman–Crippen MR) is 124 cm³/mol. The molecule has 1 fully saturated rings. The number of hydrogen-bond donors (Lipinski definition) is 1. The molecule has 0 radical (unpaired) electrons. The maximum Gasteiger partial charge on any atom is 0.328 e. The first kappa shape index (κ1) is 20.6. The highest BCUT2D eigenvalue weighted by atomic mass is 16.5. The number of aromatic amines is 1. The van der Waals surface area contributed by atoms with Gasteiger partial charge in [0.05, 0.1) is 6.61 Å². The molecule has 0 aliphatic carbocycles. The van der Waals surface area contributed by atoms with Gasteiger partial charge in [0.15, 0.2) is 0 Å². The number of rotatable bonds is 7. The number of imide groups is 1. The Morgan fingerprint density at radius 3 is 2.72 bits per heavy atom. The normalized spacial score (nSPS) is 20.1. The average Bonchev–Trinajstić information content (AvgIpc) is 3.30. The van der Waals surface area contributed by atoms with Crippen molar-refractivity contribution >= 4 is 22.8 Å². The van der Waals surface area contributed by atoms with Crippen molar-refractivity contribution in [2.45, 2.75) is 51.6 Å². The number of ether oxygens (including phenoxy) is 1. The summed E-state index contributed by atoms with van der Waals surface area (Å²) in [6.07, 6.45) is 3.21. The Morgan fingerprint density at radius 1 is 1.06 bits per heavy atom. The molecule has 166 valence electrons. The first-order chi connectivity index (χ1) is 15.6. The number of benzene rings is 2. The minimum atomic E-state index is -0.476. The van der Waals surface area contributed by atoms with Crippen molar-refractivity contribution in [3.63, 3.8) is 0 Å². The molecule has 0 bridgehead atoms. The molecule has 2 atom stereocenters. The second-order valence-electron chi connectivity index (χ2n) is 8.64. The summed E-state index contributed by atoms with van der Waals surface area (Å²) in [6.45, 7) is 5.26. The van der Waals surface area contributed by atoms with Crippen LogP contribution in [0.2, 0.25) is 0 Å². The molecule has 0 spiro atoms. The Hall–Kier alpha value is -3.28. The van der Waals surface area contributed by atoms with Crippen LogP contribution in [-0.4, -0.2) is 45.9 Å². The summed E-state index contributed by atoms with van der Waals surface area (Å²) < 4.78 is 5.88. The molecule has 1 aromatic heterocycles. The lowest BCUT2D eigenvalue weighted by Crippen LogP contribution is -2.44. The topological polar surface area (TPSA) is 65.6 Å². The molecule has 32 heavy (non-hydrogen) atoms. The van der Waals surface area contributed by atoms with Gasteiger partial charge in [-0.3, -0.25) is 14.6 Å². The van der Waals surface area contributed by atoms with Crippen LogP contribution in [-0.2, 0) is 11.2 Å². The van der Waals surface area contributed by atoms with Crippen molar-refractivity contribution in [1.82, 2.24) is 14.8 Å². The number of carbonyl (C=O) groups is 2. The zero-order chi connectivity index (χ0) is 22.2. The third-order valence-electron chi connectivity index (χ3n) is 6.52. The number of amides is 3. The molecule has 6 heteroatoms. The van der Waals surface area contributed by atoms with Crippen molar-refractivity contribution in [3.05, 3.63) is 65.4 Å². The number of fused-ring (bicyclic) bond motifs is 4. The van der Waals surface area contributed by atoms with Crippen molar-refractivity contribution in [2.24, 2.45) is 0 Å². The maximum atomic E-state index is 13.5. The van der Waals surface area contributed by atoms with Gasteiger partial charge in [-0.25, -0.2) is 4.79 Å². The number of nitrogens with one attached hydrogen (secondary N) is 1. The van der Waals surface area contributed by atoms with Gasteiger partial charge in [-0.1, -0.05) is 50.6 Å². The predicted octanol–water partition coefficient (Wildman–Crippen LogP) is 5.04. The number of nitrogens with zero attached hydrogens (tertiary/aromatic N) is 2. The zero-order valence-corrected chi connectivity index (χ0v) is 18.6. The van der Waals surface area contributed by atoms with Gasteiger partial charge in [0.1, 0.15) is 17.8 Å². The third-order valence-corrected chi connectivity index (χ3v) is 6.52. The van der Waals surface area contributed by atoms with Crippen LogP contribution in [0.3, 0.4) is 0 Å². The first-order valence-electron chi connectivity index (χ1n) is 11.6. The van der Waals surface area contributed by atoms with Crippen LogP contribution in [0, 0.1) is 0 Å². The van der Waals surface area contributed by atoms with Gasteiger partial charge < -0.3 is 9.72 Å². The van der Waals surface area contributed by atoms with Gasteiger partial charge >= 0.3 is 6.03 Å². The molecule has 2 aliphatic heterocycles. The number of aromatic nitrogens is 1. The summed E-state index contributed by atoms with van der Waals surface area (Å²) in [7, 11) is 0. The van der Waals surface area contributed by atoms with Gasteiger partial charge in [-0.2, -0.15) is 0 Å². The summed E-state index contributed by atoms with van der Waals surface area (Å²) in [4.78, 5) is 33.7. The quantitative estimate of drug-likeness (QED) is 0.533. The van der Waals surface area contributed by atoms with Crippen LogP contribution in [0.1, 0.15) is 56.0 Å². The lowest BCUT2D eigenvalue weighted by atomic mass is 9.89. The number of unbranched alkanes of at least 4 members (excludes halogenated alkanes) is 1. The fourth-order valence-corrected chi connectivity index (χ4v) is 4.99. The second-order valence-corrected chi connectivity index (χ2v) is 8.64. The monoisotopic (exact) mass is 431 g/mol. The highest BCUT2D eigenvalue weighted by Gasteiger charge is 2.52.